The van der Waals surface area contributed by atoms with Crippen LogP contribution in [0.1, 0.15) is 24.0 Å². The van der Waals surface area contributed by atoms with Gasteiger partial charge in [-0.05, 0) is 6.42 Å². The quantitative estimate of drug-likeness (QED) is 0.906. The Bertz CT molecular complexity index is 493. The predicted molar refractivity (Wildman–Crippen MR) is 72.3 cm³/mol. The van der Waals surface area contributed by atoms with E-state index in [2.05, 4.69) is 16.9 Å². The number of methoxy groups -OCH3 is 1. The van der Waals surface area contributed by atoms with E-state index in [0.29, 0.717) is 11.7 Å². The SMILES string of the molecule is CCCc1nc(COC)sc1-c1csc(N)n1. The lowest BCUT2D eigenvalue weighted by atomic mass is 10.2. The van der Waals surface area contributed by atoms with Gasteiger partial charge in [0.1, 0.15) is 5.01 Å². The summed E-state index contributed by atoms with van der Waals surface area (Å²) < 4.78 is 5.12. The van der Waals surface area contributed by atoms with Crippen LogP contribution in [-0.4, -0.2) is 17.1 Å². The molecule has 0 unspecified atom stereocenters. The first-order valence-electron chi connectivity index (χ1n) is 5.43. The van der Waals surface area contributed by atoms with Crippen molar-refractivity contribution in [2.75, 3.05) is 12.8 Å². The highest BCUT2D eigenvalue weighted by molar-refractivity contribution is 7.16. The molecule has 2 rings (SSSR count). The molecule has 0 aliphatic carbocycles. The number of nitrogens with zero attached hydrogens (tertiary/aromatic N) is 2. The first-order valence-corrected chi connectivity index (χ1v) is 7.13. The molecule has 0 aromatic carbocycles. The Kier molecular flexibility index (Phi) is 4.09. The Morgan fingerprint density at radius 3 is 2.82 bits per heavy atom. The zero-order valence-corrected chi connectivity index (χ0v) is 11.5. The molecule has 0 spiro atoms. The number of ether oxygens (including phenoxy) is 1. The van der Waals surface area contributed by atoms with Crippen molar-refractivity contribution in [2.45, 2.75) is 26.4 Å². The van der Waals surface area contributed by atoms with Gasteiger partial charge in [-0.2, -0.15) is 0 Å². The summed E-state index contributed by atoms with van der Waals surface area (Å²) in [5.41, 5.74) is 7.72. The van der Waals surface area contributed by atoms with Gasteiger partial charge in [0.05, 0.1) is 22.9 Å². The van der Waals surface area contributed by atoms with Crippen LogP contribution in [0, 0.1) is 0 Å². The average molecular weight is 269 g/mol. The van der Waals surface area contributed by atoms with Crippen molar-refractivity contribution in [3.8, 4) is 10.6 Å². The molecule has 2 aromatic rings. The first kappa shape index (κ1) is 12.5. The molecule has 0 fully saturated rings. The number of aryl methyl sites for hydroxylation is 1. The van der Waals surface area contributed by atoms with E-state index in [1.807, 2.05) is 5.38 Å². The monoisotopic (exact) mass is 269 g/mol. The molecule has 0 saturated heterocycles. The number of nitrogens with two attached hydrogens (primary N) is 1. The third-order valence-corrected chi connectivity index (χ3v) is 4.02. The molecule has 0 saturated carbocycles. The summed E-state index contributed by atoms with van der Waals surface area (Å²) in [5, 5.41) is 3.58. The van der Waals surface area contributed by atoms with Gasteiger partial charge in [-0.25, -0.2) is 9.97 Å². The fraction of sp³-hybridized carbons (Fsp3) is 0.455. The maximum atomic E-state index is 5.67. The second-order valence-electron chi connectivity index (χ2n) is 3.64. The Morgan fingerprint density at radius 1 is 1.41 bits per heavy atom. The number of anilines is 1. The number of nitrogen functional groups attached to an aromatic ring is 1. The van der Waals surface area contributed by atoms with Crippen LogP contribution in [0.4, 0.5) is 5.13 Å². The van der Waals surface area contributed by atoms with Crippen LogP contribution in [-0.2, 0) is 17.8 Å². The van der Waals surface area contributed by atoms with Crippen LogP contribution in [0.2, 0.25) is 0 Å². The molecule has 2 N–H and O–H groups in total. The second-order valence-corrected chi connectivity index (χ2v) is 5.61. The predicted octanol–water partition coefficient (Wildman–Crippen LogP) is 2.95. The Morgan fingerprint density at radius 2 is 2.24 bits per heavy atom. The van der Waals surface area contributed by atoms with Crippen LogP contribution in [0.15, 0.2) is 5.38 Å². The molecule has 0 atom stereocenters. The topological polar surface area (TPSA) is 61.0 Å². The molecule has 17 heavy (non-hydrogen) atoms. The molecule has 0 aliphatic heterocycles. The summed E-state index contributed by atoms with van der Waals surface area (Å²) in [5.74, 6) is 0. The fourth-order valence-electron chi connectivity index (χ4n) is 1.58. The molecule has 0 aliphatic rings. The second kappa shape index (κ2) is 5.57. The molecule has 2 heterocycles. The van der Waals surface area contributed by atoms with Crippen molar-refractivity contribution < 1.29 is 4.74 Å². The zero-order chi connectivity index (χ0) is 12.3. The summed E-state index contributed by atoms with van der Waals surface area (Å²) >= 11 is 3.11. The minimum atomic E-state index is 0.557. The van der Waals surface area contributed by atoms with E-state index in [1.54, 1.807) is 18.4 Å². The molecule has 92 valence electrons. The first-order chi connectivity index (χ1) is 8.24. The van der Waals surface area contributed by atoms with Gasteiger partial charge in [-0.15, -0.1) is 22.7 Å². The van der Waals surface area contributed by atoms with Gasteiger partial charge in [0.2, 0.25) is 0 Å². The third-order valence-electron chi connectivity index (χ3n) is 2.25. The highest BCUT2D eigenvalue weighted by Gasteiger charge is 2.14. The Balaban J connectivity index is 2.36. The van der Waals surface area contributed by atoms with Crippen molar-refractivity contribution in [1.29, 1.82) is 0 Å². The number of aromatic nitrogens is 2. The van der Waals surface area contributed by atoms with Gasteiger partial charge >= 0.3 is 0 Å². The van der Waals surface area contributed by atoms with E-state index in [9.17, 15) is 0 Å². The van der Waals surface area contributed by atoms with Gasteiger partial charge < -0.3 is 10.5 Å². The van der Waals surface area contributed by atoms with Crippen LogP contribution in [0.25, 0.3) is 10.6 Å². The number of hydrogen-bond donors (Lipinski definition) is 1. The van der Waals surface area contributed by atoms with E-state index < -0.39 is 0 Å². The molecule has 6 heteroatoms. The van der Waals surface area contributed by atoms with Crippen molar-refractivity contribution >= 4 is 27.8 Å². The van der Waals surface area contributed by atoms with Crippen LogP contribution in [0.3, 0.4) is 0 Å². The molecule has 2 aromatic heterocycles. The standard InChI is InChI=1S/C11H15N3OS2/c1-3-4-7-10(8-6-16-11(12)14-8)17-9(13-7)5-15-2/h6H,3-5H2,1-2H3,(H2,12,14). The van der Waals surface area contributed by atoms with E-state index in [-0.39, 0.29) is 0 Å². The summed E-state index contributed by atoms with van der Waals surface area (Å²) in [4.78, 5) is 10.0. The van der Waals surface area contributed by atoms with E-state index in [1.165, 1.54) is 11.3 Å². The normalized spacial score (nSPS) is 10.9. The maximum Gasteiger partial charge on any atom is 0.180 e. The highest BCUT2D eigenvalue weighted by Crippen LogP contribution is 2.32. The average Bonchev–Trinajstić information content (AvgIpc) is 2.86. The molecular weight excluding hydrogens is 254 g/mol. The lowest BCUT2D eigenvalue weighted by Gasteiger charge is -1.95. The zero-order valence-electron chi connectivity index (χ0n) is 9.90. The lowest BCUT2D eigenvalue weighted by molar-refractivity contribution is 0.184. The molecule has 0 radical (unpaired) electrons. The van der Waals surface area contributed by atoms with E-state index >= 15 is 0 Å². The van der Waals surface area contributed by atoms with Crippen LogP contribution >= 0.6 is 22.7 Å². The minimum absolute atomic E-state index is 0.557. The van der Waals surface area contributed by atoms with Gasteiger partial charge in [-0.1, -0.05) is 13.3 Å². The largest absolute Gasteiger partial charge is 0.378 e. The number of rotatable bonds is 5. The van der Waals surface area contributed by atoms with Crippen LogP contribution < -0.4 is 5.73 Å². The number of thiazole rings is 2. The van der Waals surface area contributed by atoms with Crippen LogP contribution in [0.5, 0.6) is 0 Å². The van der Waals surface area contributed by atoms with E-state index in [0.717, 1.165) is 34.1 Å². The fourth-order valence-corrected chi connectivity index (χ4v) is 3.26. The number of hydrogen-bond acceptors (Lipinski definition) is 6. The van der Waals surface area contributed by atoms with Crippen molar-refractivity contribution in [3.63, 3.8) is 0 Å². The Labute approximate surface area is 108 Å². The van der Waals surface area contributed by atoms with Crippen molar-refractivity contribution in [3.05, 3.63) is 16.1 Å². The molecular formula is C11H15N3OS2. The smallest absolute Gasteiger partial charge is 0.180 e. The van der Waals surface area contributed by atoms with Gasteiger partial charge in [0.15, 0.2) is 5.13 Å². The van der Waals surface area contributed by atoms with Crippen molar-refractivity contribution in [1.82, 2.24) is 9.97 Å². The van der Waals surface area contributed by atoms with Gasteiger partial charge in [0.25, 0.3) is 0 Å². The summed E-state index contributed by atoms with van der Waals surface area (Å²) in [6.07, 6.45) is 2.04. The van der Waals surface area contributed by atoms with Gasteiger partial charge in [-0.3, -0.25) is 0 Å². The highest BCUT2D eigenvalue weighted by atomic mass is 32.1. The maximum absolute atomic E-state index is 5.67. The molecule has 4 nitrogen and oxygen atoms in total. The minimum Gasteiger partial charge on any atom is -0.378 e. The molecule has 0 bridgehead atoms. The lowest BCUT2D eigenvalue weighted by Crippen LogP contribution is -1.90. The van der Waals surface area contributed by atoms with Crippen molar-refractivity contribution in [2.24, 2.45) is 0 Å². The Hall–Kier alpha value is -0.980. The summed E-state index contributed by atoms with van der Waals surface area (Å²) in [7, 11) is 1.68. The van der Waals surface area contributed by atoms with E-state index in [4.69, 9.17) is 10.5 Å². The molecule has 0 amide bonds. The van der Waals surface area contributed by atoms with Gasteiger partial charge in [0, 0.05) is 12.5 Å². The summed E-state index contributed by atoms with van der Waals surface area (Å²) in [6.45, 7) is 2.70. The summed E-state index contributed by atoms with van der Waals surface area (Å²) in [6, 6.07) is 0. The third kappa shape index (κ3) is 2.83.